The van der Waals surface area contributed by atoms with Crippen molar-refractivity contribution < 1.29 is 23.3 Å². The van der Waals surface area contributed by atoms with Gasteiger partial charge < -0.3 is 9.80 Å². The van der Waals surface area contributed by atoms with Crippen molar-refractivity contribution >= 4 is 23.6 Å². The van der Waals surface area contributed by atoms with Gasteiger partial charge >= 0.3 is 0 Å². The Morgan fingerprint density at radius 2 is 1.74 bits per heavy atom. The lowest BCUT2D eigenvalue weighted by Gasteiger charge is -2.47. The largest absolute Gasteiger partial charge is 0.325 e. The summed E-state index contributed by atoms with van der Waals surface area (Å²) in [6.45, 7) is 1.78. The molecule has 0 bridgehead atoms. The molecule has 0 radical (unpaired) electrons. The number of likely N-dealkylation sites (N-methyl/N-ethyl adjacent to an activating group) is 2. The van der Waals surface area contributed by atoms with E-state index < -0.39 is 45.2 Å². The molecule has 9 heteroatoms. The van der Waals surface area contributed by atoms with E-state index in [0.717, 1.165) is 22.6 Å². The van der Waals surface area contributed by atoms with Crippen LogP contribution in [0.3, 0.4) is 0 Å². The summed E-state index contributed by atoms with van der Waals surface area (Å²) >= 11 is 0. The lowest BCUT2D eigenvalue weighted by atomic mass is 9.82. The zero-order valence-electron chi connectivity index (χ0n) is 17.3. The molecule has 7 nitrogen and oxygen atoms in total. The molecule has 3 rings (SSSR count). The Morgan fingerprint density at radius 3 is 2.32 bits per heavy atom. The average molecular weight is 429 g/mol. The van der Waals surface area contributed by atoms with E-state index in [2.05, 4.69) is 0 Å². The molecule has 1 aliphatic heterocycles. The fourth-order valence-corrected chi connectivity index (χ4v) is 3.86. The summed E-state index contributed by atoms with van der Waals surface area (Å²) in [4.78, 5) is 39.3. The number of nitrogens with zero attached hydrogens (tertiary/aromatic N) is 3. The first-order valence-electron chi connectivity index (χ1n) is 9.58. The third kappa shape index (κ3) is 3.67. The molecule has 162 valence electrons. The van der Waals surface area contributed by atoms with Gasteiger partial charge in [0.1, 0.15) is 11.2 Å². The smallest absolute Gasteiger partial charge is 0.279 e. The van der Waals surface area contributed by atoms with Gasteiger partial charge in [0.15, 0.2) is 11.6 Å². The van der Waals surface area contributed by atoms with Crippen LogP contribution in [0.25, 0.3) is 6.08 Å². The highest BCUT2D eigenvalue weighted by Crippen LogP contribution is 2.35. The first kappa shape index (κ1) is 22.1. The maximum absolute atomic E-state index is 14.4. The van der Waals surface area contributed by atoms with Gasteiger partial charge in [-0.25, -0.2) is 8.78 Å². The van der Waals surface area contributed by atoms with Gasteiger partial charge in [-0.2, -0.15) is 0 Å². The number of nitro groups is 1. The Labute approximate surface area is 177 Å². The molecule has 2 amide bonds. The number of hydrogen-bond donors (Lipinski definition) is 0. The average Bonchev–Trinajstić information content (AvgIpc) is 2.76. The van der Waals surface area contributed by atoms with Crippen molar-refractivity contribution in [1.29, 1.82) is 0 Å². The van der Waals surface area contributed by atoms with Crippen molar-refractivity contribution in [2.75, 3.05) is 14.1 Å². The predicted octanol–water partition coefficient (Wildman–Crippen LogP) is 3.54. The highest BCUT2D eigenvalue weighted by Gasteiger charge is 2.51. The lowest BCUT2D eigenvalue weighted by Crippen LogP contribution is -2.65. The fraction of sp³-hybridized carbons (Fsp3) is 0.273. The van der Waals surface area contributed by atoms with E-state index in [1.54, 1.807) is 6.92 Å². The second kappa shape index (κ2) is 8.25. The van der Waals surface area contributed by atoms with E-state index in [-0.39, 0.29) is 12.1 Å². The Balaban J connectivity index is 2.11. The molecule has 1 atom stereocenters. The molecule has 0 saturated carbocycles. The van der Waals surface area contributed by atoms with Crippen LogP contribution in [0.15, 0.2) is 48.2 Å². The van der Waals surface area contributed by atoms with Gasteiger partial charge in [-0.15, -0.1) is 0 Å². The van der Waals surface area contributed by atoms with E-state index in [0.29, 0.717) is 12.5 Å². The van der Waals surface area contributed by atoms with Crippen LogP contribution in [0.1, 0.15) is 24.5 Å². The normalized spacial score (nSPS) is 20.5. The first-order valence-corrected chi connectivity index (χ1v) is 9.58. The molecule has 1 fully saturated rings. The van der Waals surface area contributed by atoms with Gasteiger partial charge in [-0.1, -0.05) is 37.3 Å². The van der Waals surface area contributed by atoms with Crippen molar-refractivity contribution in [1.82, 2.24) is 9.80 Å². The number of rotatable bonds is 5. The summed E-state index contributed by atoms with van der Waals surface area (Å²) in [5.74, 6) is -3.81. The van der Waals surface area contributed by atoms with Crippen molar-refractivity contribution in [3.8, 4) is 0 Å². The molecule has 0 aromatic heterocycles. The zero-order chi connectivity index (χ0) is 22.9. The van der Waals surface area contributed by atoms with Gasteiger partial charge in [-0.05, 0) is 24.1 Å². The summed E-state index contributed by atoms with van der Waals surface area (Å²) < 4.78 is 28.1. The SMILES string of the molecule is CCC1(Cc2ccccc2)C(=O)N(C)/C(=C/c2c([N+](=O)[O-])ccc(F)c2F)C(=O)N1C. The van der Waals surface area contributed by atoms with E-state index in [4.69, 9.17) is 0 Å². The zero-order valence-corrected chi connectivity index (χ0v) is 17.3. The second-order valence-corrected chi connectivity index (χ2v) is 7.36. The molecule has 1 unspecified atom stereocenters. The topological polar surface area (TPSA) is 83.8 Å². The summed E-state index contributed by atoms with van der Waals surface area (Å²) in [6, 6.07) is 10.6. The number of carbonyl (C=O) groups excluding carboxylic acids is 2. The van der Waals surface area contributed by atoms with Crippen LogP contribution in [0.4, 0.5) is 14.5 Å². The summed E-state index contributed by atoms with van der Waals surface area (Å²) in [7, 11) is 2.81. The van der Waals surface area contributed by atoms with Gasteiger partial charge in [-0.3, -0.25) is 19.7 Å². The van der Waals surface area contributed by atoms with E-state index in [1.807, 2.05) is 30.3 Å². The molecular weight excluding hydrogens is 408 g/mol. The lowest BCUT2D eigenvalue weighted by molar-refractivity contribution is -0.385. The Hall–Kier alpha value is -3.62. The van der Waals surface area contributed by atoms with Crippen molar-refractivity contribution in [2.45, 2.75) is 25.3 Å². The molecule has 1 heterocycles. The number of benzene rings is 2. The number of amides is 2. The number of piperazine rings is 1. The van der Waals surface area contributed by atoms with E-state index in [9.17, 15) is 28.5 Å². The highest BCUT2D eigenvalue weighted by molar-refractivity contribution is 6.09. The highest BCUT2D eigenvalue weighted by atomic mass is 19.2. The maximum atomic E-state index is 14.4. The van der Waals surface area contributed by atoms with Crippen LogP contribution in [0.2, 0.25) is 0 Å². The van der Waals surface area contributed by atoms with Crippen LogP contribution < -0.4 is 0 Å². The Kier molecular flexibility index (Phi) is 5.88. The fourth-order valence-electron chi connectivity index (χ4n) is 3.86. The predicted molar refractivity (Wildman–Crippen MR) is 110 cm³/mol. The second-order valence-electron chi connectivity index (χ2n) is 7.36. The summed E-state index contributed by atoms with van der Waals surface area (Å²) in [5.41, 5.74) is -2.02. The monoisotopic (exact) mass is 429 g/mol. The number of hydrogen-bond acceptors (Lipinski definition) is 4. The third-order valence-corrected chi connectivity index (χ3v) is 5.74. The minimum atomic E-state index is -1.46. The van der Waals surface area contributed by atoms with Crippen molar-refractivity contribution in [3.63, 3.8) is 0 Å². The van der Waals surface area contributed by atoms with Crippen LogP contribution in [0, 0.1) is 21.7 Å². The van der Waals surface area contributed by atoms with E-state index >= 15 is 0 Å². The molecule has 2 aromatic rings. The van der Waals surface area contributed by atoms with Crippen molar-refractivity contribution in [2.24, 2.45) is 0 Å². The summed E-state index contributed by atoms with van der Waals surface area (Å²) in [5, 5.41) is 11.3. The molecule has 0 aliphatic carbocycles. The Bertz CT molecular complexity index is 1090. The third-order valence-electron chi connectivity index (χ3n) is 5.74. The number of carbonyl (C=O) groups is 2. The van der Waals surface area contributed by atoms with Gasteiger partial charge in [0.25, 0.3) is 17.5 Å². The van der Waals surface area contributed by atoms with Gasteiger partial charge in [0.05, 0.1) is 10.5 Å². The van der Waals surface area contributed by atoms with Crippen LogP contribution in [-0.2, 0) is 16.0 Å². The van der Waals surface area contributed by atoms with Crippen LogP contribution in [-0.4, -0.2) is 46.2 Å². The molecule has 31 heavy (non-hydrogen) atoms. The van der Waals surface area contributed by atoms with Crippen molar-refractivity contribution in [3.05, 3.63) is 81.0 Å². The van der Waals surface area contributed by atoms with Gasteiger partial charge in [0.2, 0.25) is 0 Å². The molecule has 1 saturated heterocycles. The quantitative estimate of drug-likeness (QED) is 0.414. The summed E-state index contributed by atoms with van der Waals surface area (Å²) in [6.07, 6.45) is 1.43. The molecule has 0 N–H and O–H groups in total. The minimum absolute atomic E-state index is 0.261. The first-order chi connectivity index (χ1) is 14.6. The maximum Gasteiger partial charge on any atom is 0.279 e. The number of nitro benzene ring substituents is 1. The minimum Gasteiger partial charge on any atom is -0.325 e. The van der Waals surface area contributed by atoms with E-state index in [1.165, 1.54) is 19.0 Å². The molecular formula is C22H21F2N3O4. The van der Waals surface area contributed by atoms with Crippen LogP contribution >= 0.6 is 0 Å². The standard InChI is InChI=1S/C22H21F2N3O4/c1-4-22(13-14-8-6-5-7-9-14)21(29)25(2)18(20(28)26(22)3)12-15-17(27(30)31)11-10-16(23)19(15)24/h5-12H,4,13H2,1-3H3/b18-12+. The Morgan fingerprint density at radius 1 is 1.10 bits per heavy atom. The molecule has 0 spiro atoms. The van der Waals surface area contributed by atoms with Gasteiger partial charge in [0, 0.05) is 26.6 Å². The molecule has 1 aliphatic rings. The van der Waals surface area contributed by atoms with Crippen LogP contribution in [0.5, 0.6) is 0 Å². The molecule has 2 aromatic carbocycles. The number of halogens is 2.